The zero-order valence-electron chi connectivity index (χ0n) is 11.8. The first-order valence-corrected chi connectivity index (χ1v) is 7.73. The number of hydrogen-bond donors (Lipinski definition) is 1. The van der Waals surface area contributed by atoms with E-state index in [1.54, 1.807) is 0 Å². The predicted molar refractivity (Wildman–Crippen MR) is 83.8 cm³/mol. The van der Waals surface area contributed by atoms with Gasteiger partial charge in [-0.3, -0.25) is 0 Å². The van der Waals surface area contributed by atoms with Crippen LogP contribution in [0.5, 0.6) is 0 Å². The maximum Gasteiger partial charge on any atom is 0.0446 e. The van der Waals surface area contributed by atoms with Crippen molar-refractivity contribution in [3.05, 3.63) is 28.2 Å². The van der Waals surface area contributed by atoms with Crippen molar-refractivity contribution in [2.45, 2.75) is 25.8 Å². The van der Waals surface area contributed by atoms with Gasteiger partial charge in [0.05, 0.1) is 0 Å². The van der Waals surface area contributed by atoms with Crippen LogP contribution in [0.2, 0.25) is 0 Å². The van der Waals surface area contributed by atoms with Crippen molar-refractivity contribution in [1.29, 1.82) is 0 Å². The maximum atomic E-state index is 9.21. The van der Waals surface area contributed by atoms with Crippen molar-refractivity contribution in [2.24, 2.45) is 0 Å². The molecule has 0 saturated carbocycles. The normalized spacial score (nSPS) is 21.5. The molecule has 1 aliphatic rings. The molecule has 3 nitrogen and oxygen atoms in total. The number of aliphatic hydroxyl groups excluding tert-OH is 1. The van der Waals surface area contributed by atoms with Gasteiger partial charge in [0.15, 0.2) is 0 Å². The minimum atomic E-state index is 0.266. The average Bonchev–Trinajstić information content (AvgIpc) is 2.56. The average molecular weight is 327 g/mol. The lowest BCUT2D eigenvalue weighted by molar-refractivity contribution is 0.196. The van der Waals surface area contributed by atoms with Gasteiger partial charge in [0, 0.05) is 35.9 Å². The molecule has 1 atom stereocenters. The largest absolute Gasteiger partial charge is 0.396 e. The first-order chi connectivity index (χ1) is 9.11. The summed E-state index contributed by atoms with van der Waals surface area (Å²) in [5.74, 6) is 0. The Balaban J connectivity index is 2.15. The Labute approximate surface area is 124 Å². The van der Waals surface area contributed by atoms with Crippen LogP contribution >= 0.6 is 15.9 Å². The molecule has 0 spiro atoms. The molecule has 19 heavy (non-hydrogen) atoms. The highest BCUT2D eigenvalue weighted by Crippen LogP contribution is 2.25. The van der Waals surface area contributed by atoms with Gasteiger partial charge in [-0.15, -0.1) is 0 Å². The van der Waals surface area contributed by atoms with E-state index in [0.717, 1.165) is 30.5 Å². The van der Waals surface area contributed by atoms with Crippen molar-refractivity contribution in [2.75, 3.05) is 38.2 Å². The van der Waals surface area contributed by atoms with Gasteiger partial charge in [0.1, 0.15) is 0 Å². The third-order valence-electron chi connectivity index (χ3n) is 3.96. The predicted octanol–water partition coefficient (Wildman–Crippen LogP) is 2.65. The first kappa shape index (κ1) is 14.8. The lowest BCUT2D eigenvalue weighted by atomic mass is 10.1. The Hall–Kier alpha value is -0.580. The van der Waals surface area contributed by atoms with Crippen LogP contribution in [-0.2, 0) is 0 Å². The standard InChI is InChI=1S/C15H23BrN2O/c1-12-10-13(4-5-15(12)16)18-8-3-7-17(2)14(11-18)6-9-19/h4-5,10,14,19H,3,6-9,11H2,1-2H3. The van der Waals surface area contributed by atoms with Crippen LogP contribution in [0, 0.1) is 6.92 Å². The second-order valence-corrected chi connectivity index (χ2v) is 6.23. The summed E-state index contributed by atoms with van der Waals surface area (Å²) < 4.78 is 1.16. The van der Waals surface area contributed by atoms with Crippen LogP contribution in [-0.4, -0.2) is 49.3 Å². The highest BCUT2D eigenvalue weighted by molar-refractivity contribution is 9.10. The lowest BCUT2D eigenvalue weighted by Crippen LogP contribution is -2.39. The topological polar surface area (TPSA) is 26.7 Å². The monoisotopic (exact) mass is 326 g/mol. The van der Waals surface area contributed by atoms with Crippen molar-refractivity contribution in [3.63, 3.8) is 0 Å². The van der Waals surface area contributed by atoms with E-state index in [1.165, 1.54) is 17.7 Å². The van der Waals surface area contributed by atoms with Crippen LogP contribution < -0.4 is 4.90 Å². The summed E-state index contributed by atoms with van der Waals surface area (Å²) in [5, 5.41) is 9.21. The van der Waals surface area contributed by atoms with Gasteiger partial charge in [0.2, 0.25) is 0 Å². The van der Waals surface area contributed by atoms with Crippen molar-refractivity contribution < 1.29 is 5.11 Å². The van der Waals surface area contributed by atoms with Gasteiger partial charge < -0.3 is 14.9 Å². The molecule has 1 aromatic carbocycles. The van der Waals surface area contributed by atoms with Gasteiger partial charge in [-0.25, -0.2) is 0 Å². The van der Waals surface area contributed by atoms with E-state index < -0.39 is 0 Å². The summed E-state index contributed by atoms with van der Waals surface area (Å²) in [7, 11) is 2.16. The molecule has 1 aromatic rings. The van der Waals surface area contributed by atoms with Crippen LogP contribution in [0.15, 0.2) is 22.7 Å². The zero-order valence-corrected chi connectivity index (χ0v) is 13.4. The molecule has 0 aliphatic carbocycles. The number of nitrogens with zero attached hydrogens (tertiary/aromatic N) is 2. The van der Waals surface area contributed by atoms with E-state index in [2.05, 4.69) is 57.9 Å². The highest BCUT2D eigenvalue weighted by atomic mass is 79.9. The zero-order chi connectivity index (χ0) is 13.8. The number of anilines is 1. The molecule has 1 aliphatic heterocycles. The molecule has 0 bridgehead atoms. The summed E-state index contributed by atoms with van der Waals surface area (Å²) in [6, 6.07) is 6.99. The summed E-state index contributed by atoms with van der Waals surface area (Å²) in [4.78, 5) is 4.82. The Bertz CT molecular complexity index is 425. The van der Waals surface area contributed by atoms with Gasteiger partial charge in [-0.05, 0) is 57.1 Å². The smallest absolute Gasteiger partial charge is 0.0446 e. The fourth-order valence-electron chi connectivity index (χ4n) is 2.70. The van der Waals surface area contributed by atoms with Crippen LogP contribution in [0.4, 0.5) is 5.69 Å². The van der Waals surface area contributed by atoms with Gasteiger partial charge >= 0.3 is 0 Å². The second-order valence-electron chi connectivity index (χ2n) is 5.38. The van der Waals surface area contributed by atoms with E-state index in [1.807, 2.05) is 0 Å². The van der Waals surface area contributed by atoms with E-state index in [4.69, 9.17) is 0 Å². The summed E-state index contributed by atoms with van der Waals surface area (Å²) in [6.45, 7) is 5.59. The fraction of sp³-hybridized carbons (Fsp3) is 0.600. The molecule has 0 radical (unpaired) electrons. The molecule has 1 heterocycles. The van der Waals surface area contributed by atoms with Gasteiger partial charge in [0.25, 0.3) is 0 Å². The highest BCUT2D eigenvalue weighted by Gasteiger charge is 2.22. The van der Waals surface area contributed by atoms with Gasteiger partial charge in [-0.2, -0.15) is 0 Å². The molecule has 4 heteroatoms. The molecule has 1 fully saturated rings. The van der Waals surface area contributed by atoms with Gasteiger partial charge in [-0.1, -0.05) is 15.9 Å². The molecule has 0 aromatic heterocycles. The van der Waals surface area contributed by atoms with E-state index >= 15 is 0 Å². The van der Waals surface area contributed by atoms with Crippen molar-refractivity contribution in [3.8, 4) is 0 Å². The number of halogens is 1. The molecule has 1 saturated heterocycles. The quantitative estimate of drug-likeness (QED) is 0.925. The minimum Gasteiger partial charge on any atom is -0.396 e. The number of benzene rings is 1. The molecule has 0 amide bonds. The Kier molecular flexibility index (Phi) is 5.25. The van der Waals surface area contributed by atoms with E-state index in [0.29, 0.717) is 6.04 Å². The van der Waals surface area contributed by atoms with E-state index in [9.17, 15) is 5.11 Å². The molecule has 106 valence electrons. The van der Waals surface area contributed by atoms with Crippen LogP contribution in [0.1, 0.15) is 18.4 Å². The Morgan fingerprint density at radius 2 is 2.16 bits per heavy atom. The van der Waals surface area contributed by atoms with Crippen LogP contribution in [0.3, 0.4) is 0 Å². The Morgan fingerprint density at radius 1 is 1.37 bits per heavy atom. The van der Waals surface area contributed by atoms with E-state index in [-0.39, 0.29) is 6.61 Å². The number of aryl methyl sites for hydroxylation is 1. The number of rotatable bonds is 3. The number of likely N-dealkylation sites (N-methyl/N-ethyl adjacent to an activating group) is 1. The Morgan fingerprint density at radius 3 is 2.84 bits per heavy atom. The number of aliphatic hydroxyl groups is 1. The summed E-state index contributed by atoms with van der Waals surface area (Å²) >= 11 is 3.56. The second kappa shape index (κ2) is 6.73. The number of hydrogen-bond acceptors (Lipinski definition) is 3. The van der Waals surface area contributed by atoms with Crippen molar-refractivity contribution >= 4 is 21.6 Å². The maximum absolute atomic E-state index is 9.21. The lowest BCUT2D eigenvalue weighted by Gasteiger charge is -2.30. The summed E-state index contributed by atoms with van der Waals surface area (Å²) in [5.41, 5.74) is 2.56. The molecule has 1 unspecified atom stereocenters. The molecule has 1 N–H and O–H groups in total. The molecule has 2 rings (SSSR count). The SMILES string of the molecule is Cc1cc(N2CCCN(C)C(CCO)C2)ccc1Br. The van der Waals surface area contributed by atoms with Crippen LogP contribution in [0.25, 0.3) is 0 Å². The first-order valence-electron chi connectivity index (χ1n) is 6.94. The van der Waals surface area contributed by atoms with Crippen molar-refractivity contribution in [1.82, 2.24) is 4.90 Å². The third-order valence-corrected chi connectivity index (χ3v) is 4.85. The third kappa shape index (κ3) is 3.71. The minimum absolute atomic E-state index is 0.266. The molecular weight excluding hydrogens is 304 g/mol. The summed E-state index contributed by atoms with van der Waals surface area (Å²) in [6.07, 6.45) is 2.02. The molecular formula is C15H23BrN2O. The fourth-order valence-corrected chi connectivity index (χ4v) is 2.95.